The highest BCUT2D eigenvalue weighted by atomic mass is 32.2. The van der Waals surface area contributed by atoms with Crippen LogP contribution in [0.25, 0.3) is 0 Å². The van der Waals surface area contributed by atoms with E-state index in [1.807, 2.05) is 5.38 Å². The zero-order valence-electron chi connectivity index (χ0n) is 11.8. The van der Waals surface area contributed by atoms with Gasteiger partial charge in [0.1, 0.15) is 9.84 Å². The Kier molecular flexibility index (Phi) is 7.56. The van der Waals surface area contributed by atoms with Crippen LogP contribution in [0.5, 0.6) is 0 Å². The number of rotatable bonds is 8. The van der Waals surface area contributed by atoms with E-state index in [0.29, 0.717) is 19.1 Å². The minimum atomic E-state index is -2.95. The van der Waals surface area contributed by atoms with Crippen molar-refractivity contribution >= 4 is 27.1 Å². The molecule has 114 valence electrons. The molecule has 0 atom stereocenters. The van der Waals surface area contributed by atoms with E-state index in [0.717, 1.165) is 6.54 Å². The molecule has 0 aliphatic carbocycles. The summed E-state index contributed by atoms with van der Waals surface area (Å²) in [6.07, 6.45) is 1.20. The van der Waals surface area contributed by atoms with Crippen LogP contribution in [-0.4, -0.2) is 53.2 Å². The summed E-state index contributed by atoms with van der Waals surface area (Å²) < 4.78 is 27.0. The van der Waals surface area contributed by atoms with Crippen LogP contribution in [0.1, 0.15) is 5.56 Å². The van der Waals surface area contributed by atoms with E-state index in [9.17, 15) is 8.42 Å². The fraction of sp³-hybridized carbons (Fsp3) is 0.583. The minimum absolute atomic E-state index is 0.0537. The number of nitrogens with one attached hydrogen (secondary N) is 2. The number of sulfone groups is 1. The molecule has 0 aliphatic rings. The van der Waals surface area contributed by atoms with Gasteiger partial charge in [0, 0.05) is 26.4 Å². The average molecular weight is 319 g/mol. The van der Waals surface area contributed by atoms with Crippen LogP contribution in [0.4, 0.5) is 0 Å². The second-order valence-electron chi connectivity index (χ2n) is 4.23. The van der Waals surface area contributed by atoms with Gasteiger partial charge in [0.15, 0.2) is 5.96 Å². The van der Waals surface area contributed by atoms with Gasteiger partial charge >= 0.3 is 0 Å². The van der Waals surface area contributed by atoms with Crippen molar-refractivity contribution in [3.05, 3.63) is 22.4 Å². The second-order valence-corrected chi connectivity index (χ2v) is 7.27. The summed E-state index contributed by atoms with van der Waals surface area (Å²) in [4.78, 5) is 4.09. The molecule has 1 heterocycles. The molecule has 0 amide bonds. The Morgan fingerprint density at radius 1 is 1.40 bits per heavy atom. The van der Waals surface area contributed by atoms with Crippen molar-refractivity contribution in [3.63, 3.8) is 0 Å². The molecule has 0 spiro atoms. The van der Waals surface area contributed by atoms with Gasteiger partial charge in [0.05, 0.1) is 19.0 Å². The first kappa shape index (κ1) is 16.9. The van der Waals surface area contributed by atoms with Crippen molar-refractivity contribution in [2.45, 2.75) is 6.54 Å². The van der Waals surface area contributed by atoms with Gasteiger partial charge in [-0.05, 0) is 22.4 Å². The molecule has 0 saturated heterocycles. The molecule has 2 N–H and O–H groups in total. The Morgan fingerprint density at radius 2 is 2.20 bits per heavy atom. The summed E-state index contributed by atoms with van der Waals surface area (Å²) in [5.74, 6) is 0.751. The van der Waals surface area contributed by atoms with E-state index >= 15 is 0 Å². The number of guanidine groups is 1. The predicted octanol–water partition coefficient (Wildman–Crippen LogP) is 0.474. The van der Waals surface area contributed by atoms with Crippen molar-refractivity contribution in [1.29, 1.82) is 0 Å². The summed E-state index contributed by atoms with van der Waals surface area (Å²) in [6, 6.07) is 2.05. The third-order valence-electron chi connectivity index (χ3n) is 2.40. The number of hydrogen-bond acceptors (Lipinski definition) is 5. The molecule has 20 heavy (non-hydrogen) atoms. The third-order valence-corrected chi connectivity index (χ3v) is 4.04. The van der Waals surface area contributed by atoms with Crippen molar-refractivity contribution in [3.8, 4) is 0 Å². The quantitative estimate of drug-likeness (QED) is 0.414. The van der Waals surface area contributed by atoms with Crippen LogP contribution in [0, 0.1) is 0 Å². The highest BCUT2D eigenvalue weighted by Gasteiger charge is 2.01. The first-order valence-corrected chi connectivity index (χ1v) is 9.22. The molecule has 0 aromatic carbocycles. The first-order valence-electron chi connectivity index (χ1n) is 6.22. The molecular formula is C12H21N3O3S2. The molecule has 1 rings (SSSR count). The number of nitrogens with zero attached hydrogens (tertiary/aromatic N) is 1. The van der Waals surface area contributed by atoms with E-state index in [2.05, 4.69) is 27.1 Å². The van der Waals surface area contributed by atoms with Crippen molar-refractivity contribution < 1.29 is 13.2 Å². The first-order chi connectivity index (χ1) is 9.51. The van der Waals surface area contributed by atoms with E-state index in [-0.39, 0.29) is 12.4 Å². The Morgan fingerprint density at radius 3 is 2.80 bits per heavy atom. The molecule has 6 nitrogen and oxygen atoms in total. The SMILES string of the molecule is CN=C(NCCOCCS(C)(=O)=O)NCc1ccsc1. The molecule has 0 bridgehead atoms. The van der Waals surface area contributed by atoms with Gasteiger partial charge in [-0.15, -0.1) is 0 Å². The van der Waals surface area contributed by atoms with Crippen LogP contribution < -0.4 is 10.6 Å². The molecule has 0 aliphatic heterocycles. The lowest BCUT2D eigenvalue weighted by molar-refractivity contribution is 0.154. The summed E-state index contributed by atoms with van der Waals surface area (Å²) in [7, 11) is -1.24. The Balaban J connectivity index is 2.10. The van der Waals surface area contributed by atoms with Crippen LogP contribution in [-0.2, 0) is 21.1 Å². The van der Waals surface area contributed by atoms with Crippen LogP contribution in [0.15, 0.2) is 21.8 Å². The molecule has 0 unspecified atom stereocenters. The van der Waals surface area contributed by atoms with Crippen LogP contribution >= 0.6 is 11.3 Å². The second kappa shape index (κ2) is 8.93. The van der Waals surface area contributed by atoms with Gasteiger partial charge in [-0.2, -0.15) is 11.3 Å². The highest BCUT2D eigenvalue weighted by molar-refractivity contribution is 7.90. The highest BCUT2D eigenvalue weighted by Crippen LogP contribution is 2.04. The topological polar surface area (TPSA) is 79.8 Å². The number of hydrogen-bond donors (Lipinski definition) is 2. The summed E-state index contributed by atoms with van der Waals surface area (Å²) >= 11 is 1.66. The Labute approximate surface area is 124 Å². The minimum Gasteiger partial charge on any atom is -0.379 e. The lowest BCUT2D eigenvalue weighted by Gasteiger charge is -2.11. The summed E-state index contributed by atoms with van der Waals surface area (Å²) in [6.45, 7) is 1.96. The molecule has 1 aromatic rings. The van der Waals surface area contributed by atoms with E-state index in [1.54, 1.807) is 18.4 Å². The lowest BCUT2D eigenvalue weighted by Crippen LogP contribution is -2.38. The van der Waals surface area contributed by atoms with Crippen molar-refractivity contribution in [2.24, 2.45) is 4.99 Å². The Bertz CT molecular complexity index is 498. The smallest absolute Gasteiger partial charge is 0.191 e. The third kappa shape index (κ3) is 8.13. The standard InChI is InChI=1S/C12H21N3O3S2/c1-13-12(15-9-11-3-7-19-10-11)14-4-5-18-6-8-20(2,16)17/h3,7,10H,4-6,8-9H2,1-2H3,(H2,13,14,15). The largest absolute Gasteiger partial charge is 0.379 e. The fourth-order valence-corrected chi connectivity index (χ4v) is 2.44. The molecular weight excluding hydrogens is 298 g/mol. The molecule has 8 heteroatoms. The number of thiophene rings is 1. The van der Waals surface area contributed by atoms with Crippen molar-refractivity contribution in [1.82, 2.24) is 10.6 Å². The summed E-state index contributed by atoms with van der Waals surface area (Å²) in [5, 5.41) is 10.4. The van der Waals surface area contributed by atoms with E-state index in [4.69, 9.17) is 4.74 Å². The van der Waals surface area contributed by atoms with Gasteiger partial charge in [0.2, 0.25) is 0 Å². The van der Waals surface area contributed by atoms with Gasteiger partial charge < -0.3 is 15.4 Å². The van der Waals surface area contributed by atoms with Crippen LogP contribution in [0.3, 0.4) is 0 Å². The van der Waals surface area contributed by atoms with Gasteiger partial charge in [-0.25, -0.2) is 8.42 Å². The maximum atomic E-state index is 10.9. The number of aliphatic imine (C=N–C) groups is 1. The van der Waals surface area contributed by atoms with E-state index in [1.165, 1.54) is 11.8 Å². The average Bonchev–Trinajstić information content (AvgIpc) is 2.89. The maximum Gasteiger partial charge on any atom is 0.191 e. The zero-order chi connectivity index (χ0) is 14.8. The van der Waals surface area contributed by atoms with E-state index < -0.39 is 9.84 Å². The number of ether oxygens (including phenoxy) is 1. The monoisotopic (exact) mass is 319 g/mol. The molecule has 1 aromatic heterocycles. The predicted molar refractivity (Wildman–Crippen MR) is 83.1 cm³/mol. The normalized spacial score (nSPS) is 12.4. The van der Waals surface area contributed by atoms with Gasteiger partial charge in [-0.1, -0.05) is 0 Å². The molecule has 0 radical (unpaired) electrons. The van der Waals surface area contributed by atoms with Crippen molar-refractivity contribution in [2.75, 3.05) is 38.8 Å². The molecule has 0 fully saturated rings. The van der Waals surface area contributed by atoms with Crippen LogP contribution in [0.2, 0.25) is 0 Å². The lowest BCUT2D eigenvalue weighted by atomic mass is 10.3. The Hall–Kier alpha value is -1.12. The fourth-order valence-electron chi connectivity index (χ4n) is 1.35. The maximum absolute atomic E-state index is 10.9. The molecule has 0 saturated carbocycles. The zero-order valence-corrected chi connectivity index (χ0v) is 13.4. The van der Waals surface area contributed by atoms with Gasteiger partial charge in [0.25, 0.3) is 0 Å². The van der Waals surface area contributed by atoms with Gasteiger partial charge in [-0.3, -0.25) is 4.99 Å². The summed E-state index contributed by atoms with van der Waals surface area (Å²) in [5.41, 5.74) is 1.21.